The molecule has 0 radical (unpaired) electrons. The van der Waals surface area contributed by atoms with Crippen molar-refractivity contribution >= 4 is 21.8 Å². The van der Waals surface area contributed by atoms with Crippen molar-refractivity contribution in [2.75, 3.05) is 6.54 Å². The third-order valence-corrected chi connectivity index (χ3v) is 6.21. The molecule has 1 amide bonds. The molecule has 0 unspecified atom stereocenters. The average molecular weight is 528 g/mol. The standard InChI is InChI=1S/C19H20BrF6N5O/c20-15-16(11-4-5-11)31(29-17(15)19(24,25)26)9-14(32)27-6-1-7-30-12(10-2-3-10)8-13(28-30)18(21,22)23/h8,10-11H,1-7,9H2,(H,27,32). The van der Waals surface area contributed by atoms with Crippen molar-refractivity contribution in [1.82, 2.24) is 24.9 Å². The van der Waals surface area contributed by atoms with Crippen LogP contribution in [0.1, 0.15) is 66.7 Å². The number of halogens is 7. The molecule has 176 valence electrons. The molecule has 0 saturated heterocycles. The fourth-order valence-corrected chi connectivity index (χ4v) is 4.44. The molecule has 1 N–H and O–H groups in total. The summed E-state index contributed by atoms with van der Waals surface area (Å²) in [6.07, 6.45) is -5.72. The van der Waals surface area contributed by atoms with Crippen molar-refractivity contribution < 1.29 is 31.1 Å². The lowest BCUT2D eigenvalue weighted by atomic mass is 10.2. The van der Waals surface area contributed by atoms with Crippen LogP contribution in [0.3, 0.4) is 0 Å². The van der Waals surface area contributed by atoms with Gasteiger partial charge in [0.05, 0.1) is 10.2 Å². The van der Waals surface area contributed by atoms with E-state index in [1.165, 1.54) is 4.68 Å². The van der Waals surface area contributed by atoms with Crippen LogP contribution in [0.25, 0.3) is 0 Å². The van der Waals surface area contributed by atoms with Gasteiger partial charge in [-0.2, -0.15) is 36.5 Å². The van der Waals surface area contributed by atoms with E-state index in [9.17, 15) is 31.1 Å². The van der Waals surface area contributed by atoms with Gasteiger partial charge in [0.1, 0.15) is 6.54 Å². The second kappa shape index (κ2) is 8.38. The van der Waals surface area contributed by atoms with Crippen LogP contribution >= 0.6 is 15.9 Å². The third-order valence-electron chi connectivity index (χ3n) is 5.42. The molecule has 0 atom stereocenters. The number of nitrogens with one attached hydrogen (secondary N) is 1. The quantitative estimate of drug-likeness (QED) is 0.394. The van der Waals surface area contributed by atoms with Gasteiger partial charge in [0.2, 0.25) is 5.91 Å². The first kappa shape index (κ1) is 23.1. The van der Waals surface area contributed by atoms with E-state index in [4.69, 9.17) is 0 Å². The molecule has 0 spiro atoms. The van der Waals surface area contributed by atoms with Crippen LogP contribution in [-0.2, 0) is 30.2 Å². The molecule has 0 aliphatic heterocycles. The maximum Gasteiger partial charge on any atom is 0.436 e. The zero-order valence-corrected chi connectivity index (χ0v) is 18.3. The van der Waals surface area contributed by atoms with Crippen LogP contribution in [0.15, 0.2) is 10.5 Å². The maximum absolute atomic E-state index is 13.2. The van der Waals surface area contributed by atoms with Gasteiger partial charge in [0, 0.05) is 30.6 Å². The average Bonchev–Trinajstić information content (AvgIpc) is 3.60. The van der Waals surface area contributed by atoms with Crippen LogP contribution in [-0.4, -0.2) is 32.0 Å². The number of rotatable bonds is 8. The molecule has 13 heteroatoms. The van der Waals surface area contributed by atoms with Crippen molar-refractivity contribution in [1.29, 1.82) is 0 Å². The molecule has 2 saturated carbocycles. The fourth-order valence-electron chi connectivity index (χ4n) is 3.61. The minimum absolute atomic E-state index is 0.0655. The van der Waals surface area contributed by atoms with Crippen molar-refractivity contribution in [2.45, 2.75) is 69.4 Å². The molecule has 2 heterocycles. The summed E-state index contributed by atoms with van der Waals surface area (Å²) in [4.78, 5) is 12.3. The predicted octanol–water partition coefficient (Wildman–Crippen LogP) is 4.84. The Morgan fingerprint density at radius 1 is 1.03 bits per heavy atom. The summed E-state index contributed by atoms with van der Waals surface area (Å²) < 4.78 is 80.6. The Labute approximate surface area is 187 Å². The maximum atomic E-state index is 13.2. The molecule has 0 aromatic carbocycles. The van der Waals surface area contributed by atoms with E-state index in [1.54, 1.807) is 0 Å². The SMILES string of the molecule is O=C(Cn1nc(C(F)(F)F)c(Br)c1C1CC1)NCCCn1nc(C(F)(F)F)cc1C1CC1. The molecule has 4 rings (SSSR count). The van der Waals surface area contributed by atoms with E-state index in [0.29, 0.717) is 17.8 Å². The Kier molecular flexibility index (Phi) is 6.05. The van der Waals surface area contributed by atoms with E-state index >= 15 is 0 Å². The number of aromatic nitrogens is 4. The topological polar surface area (TPSA) is 64.7 Å². The Morgan fingerprint density at radius 2 is 1.69 bits per heavy atom. The summed E-state index contributed by atoms with van der Waals surface area (Å²) in [6, 6.07) is 1.07. The molecule has 2 aromatic rings. The molecular weight excluding hydrogens is 508 g/mol. The molecule has 32 heavy (non-hydrogen) atoms. The number of alkyl halides is 6. The van der Waals surface area contributed by atoms with Gasteiger partial charge < -0.3 is 5.32 Å². The Balaban J connectivity index is 1.34. The normalized spacial score (nSPS) is 17.1. The van der Waals surface area contributed by atoms with E-state index < -0.39 is 29.6 Å². The van der Waals surface area contributed by atoms with Crippen molar-refractivity contribution in [3.8, 4) is 0 Å². The third kappa shape index (κ3) is 5.12. The predicted molar refractivity (Wildman–Crippen MR) is 104 cm³/mol. The molecular formula is C19H20BrF6N5O. The number of carbonyl (C=O) groups excluding carboxylic acids is 1. The number of amides is 1. The lowest BCUT2D eigenvalue weighted by molar-refractivity contribution is -0.142. The summed E-state index contributed by atoms with van der Waals surface area (Å²) >= 11 is 2.97. The van der Waals surface area contributed by atoms with Crippen LogP contribution < -0.4 is 5.32 Å². The Bertz CT molecular complexity index is 1000. The van der Waals surface area contributed by atoms with Gasteiger partial charge in [-0.05, 0) is 54.1 Å². The van der Waals surface area contributed by atoms with E-state index in [0.717, 1.165) is 36.4 Å². The number of hydrogen-bond acceptors (Lipinski definition) is 3. The lowest BCUT2D eigenvalue weighted by Crippen LogP contribution is -2.30. The van der Waals surface area contributed by atoms with Crippen molar-refractivity contribution in [3.63, 3.8) is 0 Å². The summed E-state index contributed by atoms with van der Waals surface area (Å²) in [5, 5.41) is 9.84. The second-order valence-electron chi connectivity index (χ2n) is 8.13. The van der Waals surface area contributed by atoms with Crippen LogP contribution in [0.4, 0.5) is 26.3 Å². The number of nitrogens with zero attached hydrogens (tertiary/aromatic N) is 4. The molecule has 0 bridgehead atoms. The van der Waals surface area contributed by atoms with Crippen LogP contribution in [0.5, 0.6) is 0 Å². The van der Waals surface area contributed by atoms with E-state index in [1.807, 2.05) is 0 Å². The Hall–Kier alpha value is -2.05. The smallest absolute Gasteiger partial charge is 0.354 e. The van der Waals surface area contributed by atoms with Gasteiger partial charge in [0.15, 0.2) is 11.4 Å². The highest BCUT2D eigenvalue weighted by Gasteiger charge is 2.42. The number of hydrogen-bond donors (Lipinski definition) is 1. The van der Waals surface area contributed by atoms with Gasteiger partial charge in [-0.15, -0.1) is 0 Å². The second-order valence-corrected chi connectivity index (χ2v) is 8.92. The van der Waals surface area contributed by atoms with Gasteiger partial charge in [-0.3, -0.25) is 14.2 Å². The first-order valence-corrected chi connectivity index (χ1v) is 11.0. The highest BCUT2D eigenvalue weighted by atomic mass is 79.9. The van der Waals surface area contributed by atoms with Gasteiger partial charge >= 0.3 is 12.4 Å². The minimum atomic E-state index is -4.64. The monoisotopic (exact) mass is 527 g/mol. The minimum Gasteiger partial charge on any atom is -0.354 e. The largest absolute Gasteiger partial charge is 0.436 e. The molecule has 6 nitrogen and oxygen atoms in total. The van der Waals surface area contributed by atoms with Crippen molar-refractivity contribution in [2.24, 2.45) is 0 Å². The highest BCUT2D eigenvalue weighted by Crippen LogP contribution is 2.47. The number of carbonyl (C=O) groups is 1. The van der Waals surface area contributed by atoms with Gasteiger partial charge in [-0.25, -0.2) is 0 Å². The zero-order valence-electron chi connectivity index (χ0n) is 16.7. The fraction of sp³-hybridized carbons (Fsp3) is 0.632. The molecule has 2 aliphatic rings. The summed E-state index contributed by atoms with van der Waals surface area (Å²) in [7, 11) is 0. The van der Waals surface area contributed by atoms with Crippen LogP contribution in [0, 0.1) is 0 Å². The first-order chi connectivity index (χ1) is 14.9. The van der Waals surface area contributed by atoms with Crippen molar-refractivity contribution in [3.05, 3.63) is 33.3 Å². The molecule has 2 aromatic heterocycles. The summed E-state index contributed by atoms with van der Waals surface area (Å²) in [6.45, 7) is -0.0215. The van der Waals surface area contributed by atoms with E-state index in [2.05, 4.69) is 31.4 Å². The summed E-state index contributed by atoms with van der Waals surface area (Å²) in [5.74, 6) is -0.506. The lowest BCUT2D eigenvalue weighted by Gasteiger charge is -2.10. The first-order valence-electron chi connectivity index (χ1n) is 10.2. The molecule has 2 aliphatic carbocycles. The number of aryl methyl sites for hydroxylation is 1. The zero-order chi connectivity index (χ0) is 23.3. The Morgan fingerprint density at radius 3 is 2.25 bits per heavy atom. The highest BCUT2D eigenvalue weighted by molar-refractivity contribution is 9.10. The summed E-state index contributed by atoms with van der Waals surface area (Å²) in [5.41, 5.74) is -1.09. The van der Waals surface area contributed by atoms with Crippen LogP contribution in [0.2, 0.25) is 0 Å². The van der Waals surface area contributed by atoms with Gasteiger partial charge in [0.25, 0.3) is 0 Å². The van der Waals surface area contributed by atoms with Gasteiger partial charge in [-0.1, -0.05) is 0 Å². The molecule has 2 fully saturated rings. The van der Waals surface area contributed by atoms with E-state index in [-0.39, 0.29) is 35.9 Å².